The van der Waals surface area contributed by atoms with Gasteiger partial charge >= 0.3 is 0 Å². The zero-order valence-corrected chi connectivity index (χ0v) is 23.8. The quantitative estimate of drug-likeness (QED) is 0.363. The van der Waals surface area contributed by atoms with Gasteiger partial charge in [0.2, 0.25) is 11.8 Å². The van der Waals surface area contributed by atoms with Crippen LogP contribution in [0.4, 0.5) is 10.1 Å². The second kappa shape index (κ2) is 12.9. The molecule has 0 bridgehead atoms. The predicted octanol–water partition coefficient (Wildman–Crippen LogP) is 4.97. The molecule has 2 atom stereocenters. The summed E-state index contributed by atoms with van der Waals surface area (Å²) in [5.41, 5.74) is 2.80. The number of rotatable bonds is 11. The third-order valence-electron chi connectivity index (χ3n) is 6.82. The van der Waals surface area contributed by atoms with Gasteiger partial charge in [0.15, 0.2) is 0 Å². The molecule has 1 N–H and O–H groups in total. The monoisotopic (exact) mass is 553 g/mol. The predicted molar refractivity (Wildman–Crippen MR) is 151 cm³/mol. The van der Waals surface area contributed by atoms with Crippen molar-refractivity contribution in [1.82, 2.24) is 10.2 Å². The van der Waals surface area contributed by atoms with Crippen LogP contribution < -0.4 is 9.62 Å². The van der Waals surface area contributed by atoms with Crippen molar-refractivity contribution in [2.45, 2.75) is 64.6 Å². The van der Waals surface area contributed by atoms with E-state index in [1.165, 1.54) is 41.3 Å². The van der Waals surface area contributed by atoms with Crippen molar-refractivity contribution in [2.24, 2.45) is 0 Å². The molecule has 0 aliphatic heterocycles. The summed E-state index contributed by atoms with van der Waals surface area (Å²) in [6.45, 7) is 8.67. The molecule has 0 heterocycles. The van der Waals surface area contributed by atoms with Crippen LogP contribution in [0.1, 0.15) is 43.9 Å². The standard InChI is InChI=1S/C30H36FN3O4S/c1-6-23(4)32-30(36)24(5)33(19-25-13-15-26(31)16-14-25)29(35)20-34(27-17-12-21(2)22(3)18-27)39(37,38)28-10-8-7-9-11-28/h7-18,23-24H,6,19-20H2,1-5H3,(H,32,36)/t23-,24-/m0/s1. The lowest BCUT2D eigenvalue weighted by atomic mass is 10.1. The second-order valence-electron chi connectivity index (χ2n) is 9.74. The fraction of sp³-hybridized carbons (Fsp3) is 0.333. The molecule has 2 amide bonds. The van der Waals surface area contributed by atoms with Crippen molar-refractivity contribution < 1.29 is 22.4 Å². The van der Waals surface area contributed by atoms with Gasteiger partial charge in [-0.15, -0.1) is 0 Å². The Labute approximate surface area is 230 Å². The first kappa shape index (κ1) is 29.8. The first-order valence-electron chi connectivity index (χ1n) is 12.9. The van der Waals surface area contributed by atoms with Crippen LogP contribution in [0.25, 0.3) is 0 Å². The summed E-state index contributed by atoms with van der Waals surface area (Å²) in [6, 6.07) is 17.7. The molecule has 0 fully saturated rings. The van der Waals surface area contributed by atoms with Crippen molar-refractivity contribution in [3.05, 3.63) is 95.3 Å². The maximum atomic E-state index is 13.9. The van der Waals surface area contributed by atoms with Crippen molar-refractivity contribution in [2.75, 3.05) is 10.8 Å². The Bertz CT molecular complexity index is 1400. The molecular formula is C30H36FN3O4S. The maximum Gasteiger partial charge on any atom is 0.264 e. The molecule has 39 heavy (non-hydrogen) atoms. The number of sulfonamides is 1. The first-order valence-corrected chi connectivity index (χ1v) is 14.4. The minimum absolute atomic E-state index is 0.000353. The molecule has 0 spiro atoms. The molecule has 3 aromatic rings. The van der Waals surface area contributed by atoms with Crippen LogP contribution in [-0.2, 0) is 26.2 Å². The lowest BCUT2D eigenvalue weighted by molar-refractivity contribution is -0.139. The van der Waals surface area contributed by atoms with E-state index in [0.717, 1.165) is 15.4 Å². The van der Waals surface area contributed by atoms with E-state index in [1.807, 2.05) is 27.7 Å². The van der Waals surface area contributed by atoms with Gasteiger partial charge in [0.05, 0.1) is 10.6 Å². The average molecular weight is 554 g/mol. The number of aryl methyl sites for hydroxylation is 2. The number of halogens is 1. The second-order valence-corrected chi connectivity index (χ2v) is 11.6. The van der Waals surface area contributed by atoms with Gasteiger partial charge in [-0.1, -0.05) is 43.3 Å². The zero-order valence-electron chi connectivity index (χ0n) is 23.0. The summed E-state index contributed by atoms with van der Waals surface area (Å²) in [5.74, 6) is -1.35. The van der Waals surface area contributed by atoms with Gasteiger partial charge in [0, 0.05) is 12.6 Å². The summed E-state index contributed by atoms with van der Waals surface area (Å²) >= 11 is 0. The van der Waals surface area contributed by atoms with E-state index < -0.39 is 34.3 Å². The summed E-state index contributed by atoms with van der Waals surface area (Å²) in [5, 5.41) is 2.89. The zero-order chi connectivity index (χ0) is 28.7. The smallest absolute Gasteiger partial charge is 0.264 e. The highest BCUT2D eigenvalue weighted by Gasteiger charge is 2.32. The molecule has 0 saturated heterocycles. The van der Waals surface area contributed by atoms with Crippen molar-refractivity contribution >= 4 is 27.5 Å². The van der Waals surface area contributed by atoms with Gasteiger partial charge in [-0.05, 0) is 87.2 Å². The average Bonchev–Trinajstić information content (AvgIpc) is 2.92. The fourth-order valence-electron chi connectivity index (χ4n) is 3.96. The highest BCUT2D eigenvalue weighted by molar-refractivity contribution is 7.92. The van der Waals surface area contributed by atoms with Crippen LogP contribution in [0.2, 0.25) is 0 Å². The van der Waals surface area contributed by atoms with E-state index in [0.29, 0.717) is 17.7 Å². The van der Waals surface area contributed by atoms with Crippen LogP contribution in [-0.4, -0.2) is 43.8 Å². The molecule has 0 saturated carbocycles. The number of benzene rings is 3. The van der Waals surface area contributed by atoms with E-state index in [-0.39, 0.29) is 23.4 Å². The summed E-state index contributed by atoms with van der Waals surface area (Å²) < 4.78 is 42.2. The van der Waals surface area contributed by atoms with E-state index in [1.54, 1.807) is 43.3 Å². The Morgan fingerprint density at radius 2 is 1.56 bits per heavy atom. The van der Waals surface area contributed by atoms with Crippen molar-refractivity contribution in [3.63, 3.8) is 0 Å². The molecular weight excluding hydrogens is 517 g/mol. The lowest BCUT2D eigenvalue weighted by Crippen LogP contribution is -2.52. The van der Waals surface area contributed by atoms with Gasteiger partial charge in [0.25, 0.3) is 10.0 Å². The van der Waals surface area contributed by atoms with Crippen LogP contribution in [0.15, 0.2) is 77.7 Å². The Morgan fingerprint density at radius 1 is 0.923 bits per heavy atom. The minimum Gasteiger partial charge on any atom is -0.352 e. The molecule has 0 aliphatic rings. The molecule has 3 rings (SSSR count). The van der Waals surface area contributed by atoms with Gasteiger partial charge in [-0.2, -0.15) is 0 Å². The normalized spacial score (nSPS) is 12.9. The van der Waals surface area contributed by atoms with E-state index in [2.05, 4.69) is 5.32 Å². The molecule has 0 aliphatic carbocycles. The number of nitrogens with one attached hydrogen (secondary N) is 1. The topological polar surface area (TPSA) is 86.8 Å². The highest BCUT2D eigenvalue weighted by Crippen LogP contribution is 2.26. The Kier molecular flexibility index (Phi) is 9.86. The number of hydrogen-bond acceptors (Lipinski definition) is 4. The molecule has 0 radical (unpaired) electrons. The van der Waals surface area contributed by atoms with Gasteiger partial charge in [-0.25, -0.2) is 12.8 Å². The minimum atomic E-state index is -4.12. The third-order valence-corrected chi connectivity index (χ3v) is 8.61. The number of amides is 2. The van der Waals surface area contributed by atoms with Gasteiger partial charge in [0.1, 0.15) is 18.4 Å². The first-order chi connectivity index (χ1) is 18.4. The van der Waals surface area contributed by atoms with Crippen molar-refractivity contribution in [1.29, 1.82) is 0 Å². The molecule has 7 nitrogen and oxygen atoms in total. The number of carbonyl (C=O) groups is 2. The van der Waals surface area contributed by atoms with Crippen LogP contribution in [0.3, 0.4) is 0 Å². The molecule has 9 heteroatoms. The fourth-order valence-corrected chi connectivity index (χ4v) is 5.39. The third kappa shape index (κ3) is 7.44. The molecule has 0 aromatic heterocycles. The number of carbonyl (C=O) groups excluding carboxylic acids is 2. The van der Waals surface area contributed by atoms with E-state index in [4.69, 9.17) is 0 Å². The van der Waals surface area contributed by atoms with Crippen LogP contribution in [0, 0.1) is 19.7 Å². The maximum absolute atomic E-state index is 13.9. The summed E-state index contributed by atoms with van der Waals surface area (Å²) in [7, 11) is -4.12. The summed E-state index contributed by atoms with van der Waals surface area (Å²) in [6.07, 6.45) is 0.709. The SMILES string of the molecule is CC[C@H](C)NC(=O)[C@H](C)N(Cc1ccc(F)cc1)C(=O)CN(c1ccc(C)c(C)c1)S(=O)(=O)c1ccccc1. The van der Waals surface area contributed by atoms with Crippen LogP contribution in [0.5, 0.6) is 0 Å². The van der Waals surface area contributed by atoms with E-state index in [9.17, 15) is 22.4 Å². The lowest BCUT2D eigenvalue weighted by Gasteiger charge is -2.32. The highest BCUT2D eigenvalue weighted by atomic mass is 32.2. The summed E-state index contributed by atoms with van der Waals surface area (Å²) in [4.78, 5) is 28.3. The molecule has 0 unspecified atom stereocenters. The number of hydrogen-bond donors (Lipinski definition) is 1. The largest absolute Gasteiger partial charge is 0.352 e. The van der Waals surface area contributed by atoms with Gasteiger partial charge < -0.3 is 10.2 Å². The van der Waals surface area contributed by atoms with Gasteiger partial charge in [-0.3, -0.25) is 13.9 Å². The number of anilines is 1. The Morgan fingerprint density at radius 3 is 2.15 bits per heavy atom. The Balaban J connectivity index is 2.03. The van der Waals surface area contributed by atoms with Crippen molar-refractivity contribution in [3.8, 4) is 0 Å². The Hall–Kier alpha value is -3.72. The van der Waals surface area contributed by atoms with Crippen LogP contribution >= 0.6 is 0 Å². The number of nitrogens with zero attached hydrogens (tertiary/aromatic N) is 2. The molecule has 3 aromatic carbocycles. The molecule has 208 valence electrons. The van der Waals surface area contributed by atoms with E-state index >= 15 is 0 Å².